The molecule has 0 amide bonds. The lowest BCUT2D eigenvalue weighted by Crippen LogP contribution is -2.08. The van der Waals surface area contributed by atoms with Gasteiger partial charge in [0.2, 0.25) is 0 Å². The normalized spacial score (nSPS) is 11.8. The van der Waals surface area contributed by atoms with Crippen molar-refractivity contribution in [3.8, 4) is 6.07 Å². The van der Waals surface area contributed by atoms with Crippen molar-refractivity contribution in [3.63, 3.8) is 0 Å². The third-order valence-electron chi connectivity index (χ3n) is 3.31. The van der Waals surface area contributed by atoms with Crippen LogP contribution in [0, 0.1) is 25.2 Å². The second-order valence-corrected chi connectivity index (χ2v) is 7.92. The minimum Gasteiger partial charge on any atom is -0.360 e. The first kappa shape index (κ1) is 18.1. The molecule has 0 saturated heterocycles. The van der Waals surface area contributed by atoms with E-state index in [1.54, 1.807) is 30.3 Å². The highest BCUT2D eigenvalue weighted by atomic mass is 35.5. The molecule has 0 aliphatic heterocycles. The van der Waals surface area contributed by atoms with Gasteiger partial charge in [-0.2, -0.15) is 5.26 Å². The summed E-state index contributed by atoms with van der Waals surface area (Å²) < 4.78 is 24.8. The molecular formula is C18H17ClN2O2S. The highest BCUT2D eigenvalue weighted by molar-refractivity contribution is 7.94. The van der Waals surface area contributed by atoms with Crippen LogP contribution in [0.4, 0.5) is 5.69 Å². The first-order valence-corrected chi connectivity index (χ1v) is 9.25. The van der Waals surface area contributed by atoms with E-state index in [9.17, 15) is 13.7 Å². The smallest absolute Gasteiger partial charge is 0.193 e. The van der Waals surface area contributed by atoms with Crippen molar-refractivity contribution in [1.29, 1.82) is 5.26 Å². The van der Waals surface area contributed by atoms with Crippen LogP contribution in [0.5, 0.6) is 0 Å². The van der Waals surface area contributed by atoms with E-state index >= 15 is 0 Å². The van der Waals surface area contributed by atoms with Crippen LogP contribution in [0.3, 0.4) is 0 Å². The summed E-state index contributed by atoms with van der Waals surface area (Å²) in [5.41, 5.74) is 3.41. The zero-order valence-electron chi connectivity index (χ0n) is 13.4. The third kappa shape index (κ3) is 4.85. The van der Waals surface area contributed by atoms with Crippen LogP contribution in [0.15, 0.2) is 53.6 Å². The number of nitrogens with one attached hydrogen (secondary N) is 1. The molecule has 0 atom stereocenters. The summed E-state index contributed by atoms with van der Waals surface area (Å²) in [5.74, 6) is -0.252. The van der Waals surface area contributed by atoms with Gasteiger partial charge in [-0.05, 0) is 54.8 Å². The SMILES string of the molecule is Cc1cc(C)cc(N/C=C(\C#N)S(=O)(=O)Cc2ccc(Cl)cc2)c1. The molecule has 1 N–H and O–H groups in total. The van der Waals surface area contributed by atoms with Gasteiger partial charge >= 0.3 is 0 Å². The maximum Gasteiger partial charge on any atom is 0.193 e. The molecule has 0 spiro atoms. The van der Waals surface area contributed by atoms with Gasteiger partial charge < -0.3 is 5.32 Å². The Morgan fingerprint density at radius 1 is 1.17 bits per heavy atom. The lowest BCUT2D eigenvalue weighted by molar-refractivity contribution is 0.602. The molecule has 0 unspecified atom stereocenters. The van der Waals surface area contributed by atoms with Crippen LogP contribution >= 0.6 is 11.6 Å². The molecule has 6 heteroatoms. The van der Waals surface area contributed by atoms with Gasteiger partial charge in [-0.3, -0.25) is 0 Å². The fraction of sp³-hybridized carbons (Fsp3) is 0.167. The predicted octanol–water partition coefficient (Wildman–Crippen LogP) is 4.35. The maximum absolute atomic E-state index is 12.4. The van der Waals surface area contributed by atoms with Crippen molar-refractivity contribution in [2.24, 2.45) is 0 Å². The summed E-state index contributed by atoms with van der Waals surface area (Å²) in [6, 6.07) is 14.0. The zero-order valence-corrected chi connectivity index (χ0v) is 14.9. The Morgan fingerprint density at radius 2 is 1.75 bits per heavy atom. The molecule has 2 aromatic rings. The highest BCUT2D eigenvalue weighted by Crippen LogP contribution is 2.18. The number of rotatable bonds is 5. The fourth-order valence-electron chi connectivity index (χ4n) is 2.28. The molecule has 2 aromatic carbocycles. The number of nitrogens with zero attached hydrogens (tertiary/aromatic N) is 1. The van der Waals surface area contributed by atoms with Crippen LogP contribution in [0.1, 0.15) is 16.7 Å². The van der Waals surface area contributed by atoms with Gasteiger partial charge in [0.05, 0.1) is 5.75 Å². The predicted molar refractivity (Wildman–Crippen MR) is 97.3 cm³/mol. The molecular weight excluding hydrogens is 344 g/mol. The van der Waals surface area contributed by atoms with Crippen LogP contribution in [0.25, 0.3) is 0 Å². The molecule has 0 aliphatic carbocycles. The lowest BCUT2D eigenvalue weighted by Gasteiger charge is -2.07. The minimum absolute atomic E-state index is 0.252. The fourth-order valence-corrected chi connectivity index (χ4v) is 3.57. The molecule has 0 aromatic heterocycles. The van der Waals surface area contributed by atoms with Gasteiger partial charge in [0.15, 0.2) is 14.7 Å². The van der Waals surface area contributed by atoms with Crippen molar-refractivity contribution in [2.45, 2.75) is 19.6 Å². The zero-order chi connectivity index (χ0) is 17.7. The number of nitriles is 1. The Hall–Kier alpha value is -2.29. The second kappa shape index (κ2) is 7.52. The average Bonchev–Trinajstić information content (AvgIpc) is 2.49. The molecule has 0 saturated carbocycles. The van der Waals surface area contributed by atoms with Gasteiger partial charge in [-0.15, -0.1) is 0 Å². The van der Waals surface area contributed by atoms with E-state index in [0.717, 1.165) is 16.8 Å². The number of aryl methyl sites for hydroxylation is 2. The number of hydrogen-bond donors (Lipinski definition) is 1. The van der Waals surface area contributed by atoms with E-state index in [4.69, 9.17) is 11.6 Å². The van der Waals surface area contributed by atoms with Gasteiger partial charge in [-0.25, -0.2) is 8.42 Å². The van der Waals surface area contributed by atoms with Gasteiger partial charge in [0, 0.05) is 16.9 Å². The van der Waals surface area contributed by atoms with Crippen molar-refractivity contribution in [1.82, 2.24) is 0 Å². The Kier molecular flexibility index (Phi) is 5.66. The Bertz CT molecular complexity index is 891. The van der Waals surface area contributed by atoms with E-state index in [-0.39, 0.29) is 10.7 Å². The van der Waals surface area contributed by atoms with Crippen LogP contribution in [-0.4, -0.2) is 8.42 Å². The number of halogens is 1. The number of allylic oxidation sites excluding steroid dienone is 1. The summed E-state index contributed by atoms with van der Waals surface area (Å²) in [4.78, 5) is -0.309. The number of hydrogen-bond acceptors (Lipinski definition) is 4. The topological polar surface area (TPSA) is 70.0 Å². The molecule has 0 aliphatic rings. The first-order chi connectivity index (χ1) is 11.3. The molecule has 24 heavy (non-hydrogen) atoms. The Labute approximate surface area is 147 Å². The standard InChI is InChI=1S/C18H17ClN2O2S/c1-13-7-14(2)9-17(8-13)21-11-18(10-20)24(22,23)12-15-3-5-16(19)6-4-15/h3-9,11,21H,12H2,1-2H3/b18-11+. The molecule has 0 heterocycles. The van der Waals surface area contributed by atoms with E-state index in [1.165, 1.54) is 6.20 Å². The number of benzene rings is 2. The van der Waals surface area contributed by atoms with Crippen molar-refractivity contribution in [3.05, 3.63) is 75.3 Å². The van der Waals surface area contributed by atoms with E-state index < -0.39 is 9.84 Å². The highest BCUT2D eigenvalue weighted by Gasteiger charge is 2.18. The van der Waals surface area contributed by atoms with Crippen molar-refractivity contribution >= 4 is 27.1 Å². The molecule has 0 bridgehead atoms. The van der Waals surface area contributed by atoms with E-state index in [2.05, 4.69) is 5.32 Å². The molecule has 4 nitrogen and oxygen atoms in total. The molecule has 0 radical (unpaired) electrons. The quantitative estimate of drug-likeness (QED) is 0.805. The van der Waals surface area contributed by atoms with Crippen molar-refractivity contribution in [2.75, 3.05) is 5.32 Å². The van der Waals surface area contributed by atoms with Gasteiger partial charge in [0.1, 0.15) is 6.07 Å². The summed E-state index contributed by atoms with van der Waals surface area (Å²) in [6.07, 6.45) is 1.24. The number of anilines is 1. The second-order valence-electron chi connectivity index (χ2n) is 5.53. The van der Waals surface area contributed by atoms with E-state index in [1.807, 2.05) is 32.0 Å². The Morgan fingerprint density at radius 3 is 2.29 bits per heavy atom. The summed E-state index contributed by atoms with van der Waals surface area (Å²) in [7, 11) is -3.73. The largest absolute Gasteiger partial charge is 0.360 e. The summed E-state index contributed by atoms with van der Waals surface area (Å²) in [6.45, 7) is 3.90. The molecule has 2 rings (SSSR count). The van der Waals surface area contributed by atoms with E-state index in [0.29, 0.717) is 10.6 Å². The van der Waals surface area contributed by atoms with Gasteiger partial charge in [0.25, 0.3) is 0 Å². The Balaban J connectivity index is 2.22. The van der Waals surface area contributed by atoms with Gasteiger partial charge in [-0.1, -0.05) is 29.8 Å². The van der Waals surface area contributed by atoms with Crippen molar-refractivity contribution < 1.29 is 8.42 Å². The number of sulfone groups is 1. The summed E-state index contributed by atoms with van der Waals surface area (Å²) in [5, 5.41) is 12.6. The molecule has 124 valence electrons. The summed E-state index contributed by atoms with van der Waals surface area (Å²) >= 11 is 5.79. The van der Waals surface area contributed by atoms with Crippen LogP contribution < -0.4 is 5.32 Å². The van der Waals surface area contributed by atoms with Crippen LogP contribution in [0.2, 0.25) is 5.02 Å². The minimum atomic E-state index is -3.73. The first-order valence-electron chi connectivity index (χ1n) is 7.22. The maximum atomic E-state index is 12.4. The monoisotopic (exact) mass is 360 g/mol. The van der Waals surface area contributed by atoms with Crippen LogP contribution in [-0.2, 0) is 15.6 Å². The lowest BCUT2D eigenvalue weighted by atomic mass is 10.1. The average molecular weight is 361 g/mol. The molecule has 0 fully saturated rings. The third-order valence-corrected chi connectivity index (χ3v) is 5.15.